The van der Waals surface area contributed by atoms with Crippen LogP contribution in [-0.4, -0.2) is 64.6 Å². The Labute approximate surface area is 114 Å². The Morgan fingerprint density at radius 1 is 1.47 bits per heavy atom. The van der Waals surface area contributed by atoms with Crippen molar-refractivity contribution in [2.45, 2.75) is 32.0 Å². The van der Waals surface area contributed by atoms with E-state index in [1.807, 2.05) is 10.9 Å². The molecular weight excluding hydrogens is 242 g/mol. The predicted molar refractivity (Wildman–Crippen MR) is 74.3 cm³/mol. The minimum Gasteiger partial charge on any atom is -0.303 e. The molecule has 1 aliphatic heterocycles. The molecule has 0 aromatic carbocycles. The molecule has 0 radical (unpaired) electrons. The van der Waals surface area contributed by atoms with Gasteiger partial charge in [0.15, 0.2) is 0 Å². The molecular formula is C12H25N7. The number of nitrogens with one attached hydrogen (secondary N) is 1. The molecule has 1 fully saturated rings. The standard InChI is InChI=1S/C12H25N7/c1-4-5-19-10(8-14-16-19)12(15-13)11-9-17(2)6-7-18(11)3/h8,11-12,15H,4-7,9,13H2,1-3H3. The normalized spacial score (nSPS) is 23.7. The molecule has 0 bridgehead atoms. The summed E-state index contributed by atoms with van der Waals surface area (Å²) in [4.78, 5) is 4.69. The largest absolute Gasteiger partial charge is 0.303 e. The maximum Gasteiger partial charge on any atom is 0.0812 e. The van der Waals surface area contributed by atoms with E-state index in [1.165, 1.54) is 0 Å². The van der Waals surface area contributed by atoms with Crippen LogP contribution in [0.3, 0.4) is 0 Å². The van der Waals surface area contributed by atoms with Crippen LogP contribution < -0.4 is 11.3 Å². The highest BCUT2D eigenvalue weighted by molar-refractivity contribution is 5.07. The lowest BCUT2D eigenvalue weighted by Gasteiger charge is -2.41. The molecule has 2 unspecified atom stereocenters. The fraction of sp³-hybridized carbons (Fsp3) is 0.833. The Kier molecular flexibility index (Phi) is 4.87. The van der Waals surface area contributed by atoms with Gasteiger partial charge in [0.05, 0.1) is 17.9 Å². The second-order valence-corrected chi connectivity index (χ2v) is 5.34. The van der Waals surface area contributed by atoms with Crippen LogP contribution >= 0.6 is 0 Å². The zero-order valence-corrected chi connectivity index (χ0v) is 12.1. The number of likely N-dealkylation sites (N-methyl/N-ethyl adjacent to an activating group) is 2. The van der Waals surface area contributed by atoms with E-state index in [-0.39, 0.29) is 6.04 Å². The summed E-state index contributed by atoms with van der Waals surface area (Å²) in [7, 11) is 4.30. The summed E-state index contributed by atoms with van der Waals surface area (Å²) in [6.45, 7) is 6.14. The molecule has 1 saturated heterocycles. The highest BCUT2D eigenvalue weighted by Gasteiger charge is 2.32. The average Bonchev–Trinajstić information content (AvgIpc) is 2.83. The summed E-state index contributed by atoms with van der Waals surface area (Å²) in [5, 5.41) is 8.19. The number of hydrazine groups is 1. The van der Waals surface area contributed by atoms with Crippen molar-refractivity contribution in [3.63, 3.8) is 0 Å². The molecule has 0 saturated carbocycles. The Morgan fingerprint density at radius 3 is 2.95 bits per heavy atom. The first-order valence-electron chi connectivity index (χ1n) is 6.90. The van der Waals surface area contributed by atoms with Gasteiger partial charge in [0.1, 0.15) is 0 Å². The maximum atomic E-state index is 5.80. The number of nitrogens with two attached hydrogens (primary N) is 1. The highest BCUT2D eigenvalue weighted by atomic mass is 15.4. The van der Waals surface area contributed by atoms with Gasteiger partial charge in [0.2, 0.25) is 0 Å². The zero-order valence-electron chi connectivity index (χ0n) is 12.1. The minimum absolute atomic E-state index is 0.0503. The Bertz CT molecular complexity index is 391. The van der Waals surface area contributed by atoms with Crippen molar-refractivity contribution < 1.29 is 0 Å². The van der Waals surface area contributed by atoms with Gasteiger partial charge in [0.25, 0.3) is 0 Å². The molecule has 2 heterocycles. The highest BCUT2D eigenvalue weighted by Crippen LogP contribution is 2.22. The van der Waals surface area contributed by atoms with Gasteiger partial charge in [-0.15, -0.1) is 5.10 Å². The van der Waals surface area contributed by atoms with Crippen LogP contribution in [-0.2, 0) is 6.54 Å². The monoisotopic (exact) mass is 267 g/mol. The molecule has 0 spiro atoms. The number of piperazine rings is 1. The van der Waals surface area contributed by atoms with Gasteiger partial charge in [-0.3, -0.25) is 10.7 Å². The van der Waals surface area contributed by atoms with Crippen molar-refractivity contribution in [3.05, 3.63) is 11.9 Å². The quantitative estimate of drug-likeness (QED) is 0.550. The third-order valence-electron chi connectivity index (χ3n) is 3.87. The predicted octanol–water partition coefficient (Wildman–Crippen LogP) is -0.562. The van der Waals surface area contributed by atoms with Crippen LogP contribution in [0.1, 0.15) is 25.1 Å². The third-order valence-corrected chi connectivity index (χ3v) is 3.87. The molecule has 2 rings (SSSR count). The third kappa shape index (κ3) is 3.11. The van der Waals surface area contributed by atoms with Gasteiger partial charge in [-0.05, 0) is 20.5 Å². The van der Waals surface area contributed by atoms with E-state index in [4.69, 9.17) is 5.84 Å². The fourth-order valence-electron chi connectivity index (χ4n) is 2.69. The van der Waals surface area contributed by atoms with E-state index in [0.29, 0.717) is 6.04 Å². The summed E-state index contributed by atoms with van der Waals surface area (Å²) in [6.07, 6.45) is 2.86. The van der Waals surface area contributed by atoms with Crippen LogP contribution in [0.2, 0.25) is 0 Å². The number of nitrogens with zero attached hydrogens (tertiary/aromatic N) is 5. The number of rotatable bonds is 5. The first-order valence-corrected chi connectivity index (χ1v) is 6.90. The summed E-state index contributed by atoms with van der Waals surface area (Å²) in [5.74, 6) is 5.80. The Morgan fingerprint density at radius 2 is 2.26 bits per heavy atom. The average molecular weight is 267 g/mol. The Balaban J connectivity index is 2.20. The van der Waals surface area contributed by atoms with Crippen molar-refractivity contribution in [2.75, 3.05) is 33.7 Å². The van der Waals surface area contributed by atoms with E-state index in [1.54, 1.807) is 0 Å². The maximum absolute atomic E-state index is 5.80. The molecule has 1 aliphatic rings. The van der Waals surface area contributed by atoms with Crippen LogP contribution in [0.25, 0.3) is 0 Å². The van der Waals surface area contributed by atoms with Gasteiger partial charge in [0, 0.05) is 32.2 Å². The van der Waals surface area contributed by atoms with E-state index in [0.717, 1.165) is 38.3 Å². The van der Waals surface area contributed by atoms with Crippen molar-refractivity contribution in [3.8, 4) is 0 Å². The van der Waals surface area contributed by atoms with Gasteiger partial charge in [-0.25, -0.2) is 10.1 Å². The second-order valence-electron chi connectivity index (χ2n) is 5.34. The molecule has 7 heteroatoms. The number of aromatic nitrogens is 3. The van der Waals surface area contributed by atoms with Crippen molar-refractivity contribution in [2.24, 2.45) is 5.84 Å². The molecule has 7 nitrogen and oxygen atoms in total. The van der Waals surface area contributed by atoms with Gasteiger partial charge >= 0.3 is 0 Å². The van der Waals surface area contributed by atoms with E-state index < -0.39 is 0 Å². The van der Waals surface area contributed by atoms with Crippen molar-refractivity contribution in [1.29, 1.82) is 0 Å². The Hall–Kier alpha value is -1.02. The van der Waals surface area contributed by atoms with E-state index >= 15 is 0 Å². The van der Waals surface area contributed by atoms with Gasteiger partial charge in [-0.2, -0.15) is 0 Å². The van der Waals surface area contributed by atoms with Crippen LogP contribution in [0.4, 0.5) is 0 Å². The van der Waals surface area contributed by atoms with Crippen LogP contribution in [0.5, 0.6) is 0 Å². The lowest BCUT2D eigenvalue weighted by atomic mass is 10.0. The lowest BCUT2D eigenvalue weighted by Crippen LogP contribution is -2.56. The smallest absolute Gasteiger partial charge is 0.0812 e. The summed E-state index contributed by atoms with van der Waals surface area (Å²) in [6, 6.07) is 0.382. The zero-order chi connectivity index (χ0) is 13.8. The van der Waals surface area contributed by atoms with E-state index in [9.17, 15) is 0 Å². The number of hydrogen-bond donors (Lipinski definition) is 2. The van der Waals surface area contributed by atoms with Crippen molar-refractivity contribution >= 4 is 0 Å². The van der Waals surface area contributed by atoms with Crippen LogP contribution in [0, 0.1) is 0 Å². The number of hydrogen-bond acceptors (Lipinski definition) is 6. The van der Waals surface area contributed by atoms with Crippen molar-refractivity contribution in [1.82, 2.24) is 30.2 Å². The lowest BCUT2D eigenvalue weighted by molar-refractivity contribution is 0.0852. The topological polar surface area (TPSA) is 75.2 Å². The van der Waals surface area contributed by atoms with Gasteiger partial charge in [-0.1, -0.05) is 12.1 Å². The summed E-state index contributed by atoms with van der Waals surface area (Å²) >= 11 is 0. The summed E-state index contributed by atoms with van der Waals surface area (Å²) < 4.78 is 1.95. The van der Waals surface area contributed by atoms with E-state index in [2.05, 4.69) is 46.6 Å². The van der Waals surface area contributed by atoms with Crippen LogP contribution in [0.15, 0.2) is 6.20 Å². The fourth-order valence-corrected chi connectivity index (χ4v) is 2.69. The number of aryl methyl sites for hydroxylation is 1. The first kappa shape index (κ1) is 14.4. The molecule has 1 aromatic heterocycles. The second kappa shape index (κ2) is 6.42. The first-order chi connectivity index (χ1) is 9.17. The molecule has 19 heavy (non-hydrogen) atoms. The molecule has 3 N–H and O–H groups in total. The minimum atomic E-state index is 0.0503. The van der Waals surface area contributed by atoms with Gasteiger partial charge < -0.3 is 4.90 Å². The molecule has 2 atom stereocenters. The molecule has 0 amide bonds. The molecule has 1 aromatic rings. The molecule has 0 aliphatic carbocycles. The molecule has 108 valence electrons. The summed E-state index contributed by atoms with van der Waals surface area (Å²) in [5.41, 5.74) is 4.02. The SMILES string of the molecule is CCCn1nncc1C(NN)C1CN(C)CCN1C.